The molecule has 2 aromatic heterocycles. The number of benzene rings is 2. The minimum atomic E-state index is 0.0322. The number of hydrogen-bond donors (Lipinski definition) is 0. The Morgan fingerprint density at radius 1 is 1.07 bits per heavy atom. The number of aromatic nitrogens is 1. The molecule has 0 aliphatic carbocycles. The number of nitrogens with zero attached hydrogens (tertiary/aromatic N) is 3. The van der Waals surface area contributed by atoms with Gasteiger partial charge in [-0.3, -0.25) is 4.79 Å². The van der Waals surface area contributed by atoms with Crippen LogP contribution < -0.4 is 4.90 Å². The Hall–Kier alpha value is -1.80. The third-order valence-corrected chi connectivity index (χ3v) is 8.62. The number of rotatable bonds is 3. The first-order valence-corrected chi connectivity index (χ1v) is 12.5. The lowest BCUT2D eigenvalue weighted by molar-refractivity contribution is 0.0752. The zero-order chi connectivity index (χ0) is 20.0. The lowest BCUT2D eigenvalue weighted by Gasteiger charge is -2.34. The van der Waals surface area contributed by atoms with E-state index in [0.29, 0.717) is 23.0 Å². The van der Waals surface area contributed by atoms with Crippen molar-refractivity contribution < 1.29 is 4.79 Å². The first kappa shape index (κ1) is 19.2. The molecular weight excluding hydrogens is 442 g/mol. The Morgan fingerprint density at radius 2 is 1.86 bits per heavy atom. The molecule has 148 valence electrons. The molecule has 29 heavy (non-hydrogen) atoms. The minimum Gasteiger partial charge on any atom is -0.345 e. The van der Waals surface area contributed by atoms with E-state index in [-0.39, 0.29) is 5.91 Å². The quantitative estimate of drug-likeness (QED) is 0.360. The number of amides is 1. The zero-order valence-corrected chi connectivity index (χ0v) is 18.9. The first-order chi connectivity index (χ1) is 14.1. The van der Waals surface area contributed by atoms with Crippen LogP contribution in [0.1, 0.15) is 9.67 Å². The van der Waals surface area contributed by atoms with E-state index in [1.807, 2.05) is 29.2 Å². The van der Waals surface area contributed by atoms with Gasteiger partial charge in [-0.25, -0.2) is 4.98 Å². The molecule has 4 aromatic rings. The molecule has 4 nitrogen and oxygen atoms in total. The number of hydrogen-bond acceptors (Lipinski definition) is 6. The number of carbonyl (C=O) groups is 1. The third-order valence-electron chi connectivity index (χ3n) is 5.15. The Morgan fingerprint density at radius 3 is 2.62 bits per heavy atom. The molecule has 3 heterocycles. The Bertz CT molecular complexity index is 1210. The Balaban J connectivity index is 1.32. The maximum atomic E-state index is 13.1. The maximum absolute atomic E-state index is 13.1. The number of halogens is 1. The van der Waals surface area contributed by atoms with Crippen molar-refractivity contribution in [1.29, 1.82) is 0 Å². The van der Waals surface area contributed by atoms with Crippen molar-refractivity contribution in [1.82, 2.24) is 9.88 Å². The van der Waals surface area contributed by atoms with Crippen LogP contribution in [0.3, 0.4) is 0 Å². The van der Waals surface area contributed by atoms with Crippen LogP contribution in [0.25, 0.3) is 20.3 Å². The van der Waals surface area contributed by atoms with Gasteiger partial charge in [0.05, 0.1) is 15.2 Å². The monoisotopic (exact) mass is 459 g/mol. The molecule has 8 heteroatoms. The molecule has 0 saturated carbocycles. The smallest absolute Gasteiger partial charge is 0.265 e. The number of fused-ring (bicyclic) bond motifs is 2. The van der Waals surface area contributed by atoms with Crippen LogP contribution in [-0.2, 0) is 0 Å². The second-order valence-electron chi connectivity index (χ2n) is 6.85. The lowest BCUT2D eigenvalue weighted by Crippen LogP contribution is -2.48. The summed E-state index contributed by atoms with van der Waals surface area (Å²) in [6.07, 6.45) is 2.09. The molecule has 1 amide bonds. The first-order valence-electron chi connectivity index (χ1n) is 9.30. The van der Waals surface area contributed by atoms with Gasteiger partial charge in [-0.15, -0.1) is 23.1 Å². The van der Waals surface area contributed by atoms with Gasteiger partial charge in [0.25, 0.3) is 5.91 Å². The number of anilines is 1. The van der Waals surface area contributed by atoms with Gasteiger partial charge in [0, 0.05) is 41.2 Å². The van der Waals surface area contributed by atoms with Crippen LogP contribution >= 0.6 is 46.0 Å². The van der Waals surface area contributed by atoms with Crippen LogP contribution in [0.15, 0.2) is 47.4 Å². The Kier molecular flexibility index (Phi) is 5.16. The largest absolute Gasteiger partial charge is 0.345 e. The number of thiazole rings is 1. The van der Waals surface area contributed by atoms with Crippen molar-refractivity contribution >= 4 is 77.4 Å². The fourth-order valence-electron chi connectivity index (χ4n) is 3.55. The van der Waals surface area contributed by atoms with Crippen molar-refractivity contribution in [3.63, 3.8) is 0 Å². The molecule has 0 bridgehead atoms. The second kappa shape index (κ2) is 7.80. The molecule has 1 aliphatic rings. The van der Waals surface area contributed by atoms with Crippen LogP contribution in [0, 0.1) is 0 Å². The fraction of sp³-hybridized carbons (Fsp3) is 0.238. The molecule has 0 spiro atoms. The van der Waals surface area contributed by atoms with E-state index >= 15 is 0 Å². The zero-order valence-electron chi connectivity index (χ0n) is 15.7. The highest BCUT2D eigenvalue weighted by Gasteiger charge is 2.27. The number of thiophene rings is 1. The molecule has 1 saturated heterocycles. The van der Waals surface area contributed by atoms with Crippen molar-refractivity contribution in [2.75, 3.05) is 37.3 Å². The van der Waals surface area contributed by atoms with E-state index in [9.17, 15) is 4.79 Å². The molecule has 0 unspecified atom stereocenters. The van der Waals surface area contributed by atoms with Crippen molar-refractivity contribution in [2.24, 2.45) is 0 Å². The molecule has 2 aromatic carbocycles. The SMILES string of the molecule is CSc1ccc2nc(N3CCN(C(=O)c4sc5ccccc5c4Cl)CC3)sc2c1. The minimum absolute atomic E-state index is 0.0322. The average Bonchev–Trinajstić information content (AvgIpc) is 3.34. The summed E-state index contributed by atoms with van der Waals surface area (Å²) in [5.74, 6) is 0.0322. The summed E-state index contributed by atoms with van der Waals surface area (Å²) in [6, 6.07) is 14.3. The van der Waals surface area contributed by atoms with E-state index in [1.54, 1.807) is 23.1 Å². The second-order valence-corrected chi connectivity index (χ2v) is 10.2. The summed E-state index contributed by atoms with van der Waals surface area (Å²) in [6.45, 7) is 2.91. The van der Waals surface area contributed by atoms with E-state index < -0.39 is 0 Å². The third kappa shape index (κ3) is 3.50. The van der Waals surface area contributed by atoms with Crippen molar-refractivity contribution in [3.05, 3.63) is 52.4 Å². The number of piperazine rings is 1. The molecule has 1 aliphatic heterocycles. The van der Waals surface area contributed by atoms with E-state index in [0.717, 1.165) is 33.8 Å². The van der Waals surface area contributed by atoms with Gasteiger partial charge in [-0.2, -0.15) is 0 Å². The van der Waals surface area contributed by atoms with Gasteiger partial charge in [-0.05, 0) is 30.5 Å². The summed E-state index contributed by atoms with van der Waals surface area (Å²) < 4.78 is 2.26. The molecule has 5 rings (SSSR count). The topological polar surface area (TPSA) is 36.4 Å². The number of thioether (sulfide) groups is 1. The maximum Gasteiger partial charge on any atom is 0.265 e. The highest BCUT2D eigenvalue weighted by Crippen LogP contribution is 2.36. The van der Waals surface area contributed by atoms with Gasteiger partial charge < -0.3 is 9.80 Å². The molecular formula is C21H18ClN3OS3. The summed E-state index contributed by atoms with van der Waals surface area (Å²) in [5, 5.41) is 2.57. The Labute approximate surface area is 186 Å². The normalized spacial score (nSPS) is 14.8. The van der Waals surface area contributed by atoms with Crippen LogP contribution in [0.5, 0.6) is 0 Å². The predicted molar refractivity (Wildman–Crippen MR) is 126 cm³/mol. The molecule has 0 atom stereocenters. The average molecular weight is 460 g/mol. The van der Waals surface area contributed by atoms with Crippen molar-refractivity contribution in [3.8, 4) is 0 Å². The van der Waals surface area contributed by atoms with Gasteiger partial charge in [0.1, 0.15) is 4.88 Å². The highest BCUT2D eigenvalue weighted by atomic mass is 35.5. The van der Waals surface area contributed by atoms with Crippen LogP contribution in [0.4, 0.5) is 5.13 Å². The van der Waals surface area contributed by atoms with Gasteiger partial charge in [0.2, 0.25) is 0 Å². The summed E-state index contributed by atoms with van der Waals surface area (Å²) in [5.41, 5.74) is 1.04. The molecule has 0 N–H and O–H groups in total. The number of carbonyl (C=O) groups excluding carboxylic acids is 1. The summed E-state index contributed by atoms with van der Waals surface area (Å²) >= 11 is 11.5. The van der Waals surface area contributed by atoms with Gasteiger partial charge in [-0.1, -0.05) is 41.1 Å². The van der Waals surface area contributed by atoms with E-state index in [1.165, 1.54) is 20.9 Å². The fourth-order valence-corrected chi connectivity index (χ4v) is 6.60. The summed E-state index contributed by atoms with van der Waals surface area (Å²) in [7, 11) is 0. The van der Waals surface area contributed by atoms with Gasteiger partial charge >= 0.3 is 0 Å². The van der Waals surface area contributed by atoms with Crippen molar-refractivity contribution in [2.45, 2.75) is 4.90 Å². The molecule has 0 radical (unpaired) electrons. The van der Waals surface area contributed by atoms with Gasteiger partial charge in [0.15, 0.2) is 5.13 Å². The standard InChI is InChI=1S/C21H18ClN3OS3/c1-27-13-6-7-15-17(12-13)29-21(23-15)25-10-8-24(9-11-25)20(26)19-18(22)14-4-2-3-5-16(14)28-19/h2-7,12H,8-11H2,1H3. The lowest BCUT2D eigenvalue weighted by atomic mass is 10.2. The van der Waals surface area contributed by atoms with E-state index in [4.69, 9.17) is 16.6 Å². The van der Waals surface area contributed by atoms with Crippen LogP contribution in [0.2, 0.25) is 5.02 Å². The molecule has 1 fully saturated rings. The predicted octanol–water partition coefficient (Wildman–Crippen LogP) is 5.85. The van der Waals surface area contributed by atoms with E-state index in [2.05, 4.69) is 29.4 Å². The summed E-state index contributed by atoms with van der Waals surface area (Å²) in [4.78, 5) is 23.9. The highest BCUT2D eigenvalue weighted by molar-refractivity contribution is 7.98. The van der Waals surface area contributed by atoms with Crippen LogP contribution in [-0.4, -0.2) is 48.2 Å².